The first-order valence-corrected chi connectivity index (χ1v) is 13.8. The van der Waals surface area contributed by atoms with E-state index >= 15 is 0 Å². The van der Waals surface area contributed by atoms with E-state index < -0.39 is 42.0 Å². The van der Waals surface area contributed by atoms with E-state index in [9.17, 15) is 24.3 Å². The molecular formula is C21H38N4O5S2. The molecule has 0 radical (unpaired) electrons. The number of nitrogens with one attached hydrogen (secondary N) is 2. The molecule has 0 bridgehead atoms. The van der Waals surface area contributed by atoms with Crippen molar-refractivity contribution in [2.24, 2.45) is 11.7 Å². The molecule has 32 heavy (non-hydrogen) atoms. The summed E-state index contributed by atoms with van der Waals surface area (Å²) in [6.07, 6.45) is 6.20. The monoisotopic (exact) mass is 490 g/mol. The molecule has 0 aliphatic carbocycles. The van der Waals surface area contributed by atoms with Crippen molar-refractivity contribution in [3.8, 4) is 0 Å². The van der Waals surface area contributed by atoms with Gasteiger partial charge in [0.2, 0.25) is 17.7 Å². The van der Waals surface area contributed by atoms with Crippen LogP contribution in [-0.2, 0) is 19.2 Å². The minimum absolute atomic E-state index is 0.0989. The number of hydrogen-bond acceptors (Lipinski definition) is 7. The number of thioether (sulfide) groups is 2. The number of rotatable bonds is 14. The second-order valence-corrected chi connectivity index (χ2v) is 10.4. The van der Waals surface area contributed by atoms with Crippen molar-refractivity contribution < 1.29 is 24.3 Å². The Bertz CT molecular complexity index is 650. The summed E-state index contributed by atoms with van der Waals surface area (Å²) >= 11 is 3.11. The van der Waals surface area contributed by atoms with Gasteiger partial charge >= 0.3 is 5.97 Å². The molecule has 1 rings (SSSR count). The van der Waals surface area contributed by atoms with Crippen LogP contribution < -0.4 is 16.4 Å². The Morgan fingerprint density at radius 1 is 1.06 bits per heavy atom. The maximum atomic E-state index is 13.0. The summed E-state index contributed by atoms with van der Waals surface area (Å²) in [5.41, 5.74) is 6.03. The SMILES string of the molecule is CSCCC(N)C(=O)N1CCCC1C(=O)NC(CC(C)C)C(=O)NC(CCSC)C(=O)O. The molecule has 184 valence electrons. The topological polar surface area (TPSA) is 142 Å². The van der Waals surface area contributed by atoms with E-state index in [-0.39, 0.29) is 11.8 Å². The largest absolute Gasteiger partial charge is 0.480 e. The van der Waals surface area contributed by atoms with Gasteiger partial charge < -0.3 is 26.4 Å². The Kier molecular flexibility index (Phi) is 13.1. The van der Waals surface area contributed by atoms with Gasteiger partial charge in [-0.2, -0.15) is 23.5 Å². The second kappa shape index (κ2) is 14.6. The second-order valence-electron chi connectivity index (χ2n) is 8.45. The summed E-state index contributed by atoms with van der Waals surface area (Å²) in [4.78, 5) is 51.7. The van der Waals surface area contributed by atoms with E-state index in [2.05, 4.69) is 10.6 Å². The zero-order valence-corrected chi connectivity index (χ0v) is 21.1. The minimum atomic E-state index is -1.10. The molecule has 4 unspecified atom stereocenters. The smallest absolute Gasteiger partial charge is 0.326 e. The van der Waals surface area contributed by atoms with Gasteiger partial charge in [-0.15, -0.1) is 0 Å². The van der Waals surface area contributed by atoms with Crippen LogP contribution >= 0.6 is 23.5 Å². The number of carboxylic acids is 1. The predicted octanol–water partition coefficient (Wildman–Crippen LogP) is 0.911. The van der Waals surface area contributed by atoms with E-state index in [4.69, 9.17) is 5.73 Å². The van der Waals surface area contributed by atoms with Crippen LogP contribution in [0, 0.1) is 5.92 Å². The maximum absolute atomic E-state index is 13.0. The zero-order chi connectivity index (χ0) is 24.3. The normalized spacial score (nSPS) is 18.8. The van der Waals surface area contributed by atoms with Gasteiger partial charge in [0.05, 0.1) is 6.04 Å². The van der Waals surface area contributed by atoms with E-state index in [1.54, 1.807) is 11.8 Å². The highest BCUT2D eigenvalue weighted by Crippen LogP contribution is 2.20. The van der Waals surface area contributed by atoms with Gasteiger partial charge in [-0.3, -0.25) is 14.4 Å². The Labute approximate surface area is 199 Å². The summed E-state index contributed by atoms with van der Waals surface area (Å²) in [5, 5.41) is 14.7. The molecule has 1 saturated heterocycles. The third-order valence-electron chi connectivity index (χ3n) is 5.35. The Morgan fingerprint density at radius 2 is 1.69 bits per heavy atom. The standard InChI is InChI=1S/C21H38N4O5S2/c1-13(2)12-16(18(26)23-15(21(29)30)8-11-32-4)24-19(27)17-6-5-9-25(17)20(28)14(22)7-10-31-3/h13-17H,5-12,22H2,1-4H3,(H,23,26)(H,24,27)(H,29,30). The maximum Gasteiger partial charge on any atom is 0.326 e. The van der Waals surface area contributed by atoms with Gasteiger partial charge in [0.25, 0.3) is 0 Å². The number of carbonyl (C=O) groups excluding carboxylic acids is 3. The summed E-state index contributed by atoms with van der Waals surface area (Å²) in [6.45, 7) is 4.30. The Balaban J connectivity index is 2.86. The fourth-order valence-electron chi connectivity index (χ4n) is 3.62. The van der Waals surface area contributed by atoms with Crippen LogP contribution in [0.15, 0.2) is 0 Å². The molecule has 5 N–H and O–H groups in total. The van der Waals surface area contributed by atoms with Gasteiger partial charge in [0.15, 0.2) is 0 Å². The highest BCUT2D eigenvalue weighted by atomic mass is 32.2. The fourth-order valence-corrected chi connectivity index (χ4v) is 4.58. The van der Waals surface area contributed by atoms with Crippen molar-refractivity contribution >= 4 is 47.2 Å². The number of amides is 3. The van der Waals surface area contributed by atoms with Gasteiger partial charge in [-0.05, 0) is 62.0 Å². The first kappa shape index (κ1) is 28.6. The quantitative estimate of drug-likeness (QED) is 0.281. The van der Waals surface area contributed by atoms with Crippen molar-refractivity contribution in [3.05, 3.63) is 0 Å². The van der Waals surface area contributed by atoms with E-state index in [0.29, 0.717) is 44.4 Å². The molecule has 1 fully saturated rings. The Morgan fingerprint density at radius 3 is 2.25 bits per heavy atom. The van der Waals surface area contributed by atoms with Crippen LogP contribution in [0.3, 0.4) is 0 Å². The summed E-state index contributed by atoms with van der Waals surface area (Å²) in [5.74, 6) is -0.817. The molecule has 1 aliphatic rings. The van der Waals surface area contributed by atoms with Crippen molar-refractivity contribution in [1.29, 1.82) is 0 Å². The van der Waals surface area contributed by atoms with Crippen LogP contribution in [0.2, 0.25) is 0 Å². The Hall–Kier alpha value is -1.46. The number of aliphatic carboxylic acids is 1. The molecule has 1 aliphatic heterocycles. The third-order valence-corrected chi connectivity index (χ3v) is 6.64. The fraction of sp³-hybridized carbons (Fsp3) is 0.810. The van der Waals surface area contributed by atoms with Crippen LogP contribution in [0.1, 0.15) is 46.0 Å². The van der Waals surface area contributed by atoms with Gasteiger partial charge in [0.1, 0.15) is 18.1 Å². The average molecular weight is 491 g/mol. The molecular weight excluding hydrogens is 452 g/mol. The number of nitrogens with two attached hydrogens (primary N) is 1. The lowest BCUT2D eigenvalue weighted by Crippen LogP contribution is -2.57. The number of carboxylic acid groups (broad SMARTS) is 1. The summed E-state index contributed by atoms with van der Waals surface area (Å²) < 4.78 is 0. The van der Waals surface area contributed by atoms with Crippen molar-refractivity contribution in [1.82, 2.24) is 15.5 Å². The lowest BCUT2D eigenvalue weighted by molar-refractivity contribution is -0.143. The first-order valence-electron chi connectivity index (χ1n) is 11.0. The number of likely N-dealkylation sites (tertiary alicyclic amines) is 1. The van der Waals surface area contributed by atoms with Crippen LogP contribution in [0.25, 0.3) is 0 Å². The van der Waals surface area contributed by atoms with Crippen molar-refractivity contribution in [2.45, 2.75) is 70.1 Å². The summed E-state index contributed by atoms with van der Waals surface area (Å²) in [6, 6.07) is -3.21. The number of hydrogen-bond donors (Lipinski definition) is 4. The van der Waals surface area contributed by atoms with Gasteiger partial charge in [-0.1, -0.05) is 13.8 Å². The first-order chi connectivity index (χ1) is 15.1. The molecule has 0 saturated carbocycles. The van der Waals surface area contributed by atoms with Gasteiger partial charge in [0, 0.05) is 6.54 Å². The highest BCUT2D eigenvalue weighted by molar-refractivity contribution is 7.98. The van der Waals surface area contributed by atoms with Crippen LogP contribution in [-0.4, -0.2) is 88.4 Å². The average Bonchev–Trinajstić information content (AvgIpc) is 3.23. The zero-order valence-electron chi connectivity index (χ0n) is 19.5. The molecule has 3 amide bonds. The van der Waals surface area contributed by atoms with E-state index in [1.807, 2.05) is 26.4 Å². The third kappa shape index (κ3) is 9.19. The number of carbonyl (C=O) groups is 4. The lowest BCUT2D eigenvalue weighted by Gasteiger charge is -2.29. The summed E-state index contributed by atoms with van der Waals surface area (Å²) in [7, 11) is 0. The van der Waals surface area contributed by atoms with Gasteiger partial charge in [-0.25, -0.2) is 4.79 Å². The molecule has 0 aromatic carbocycles. The molecule has 0 spiro atoms. The number of nitrogens with zero attached hydrogens (tertiary/aromatic N) is 1. The molecule has 0 aromatic heterocycles. The van der Waals surface area contributed by atoms with Crippen LogP contribution in [0.4, 0.5) is 0 Å². The highest BCUT2D eigenvalue weighted by Gasteiger charge is 2.37. The molecule has 11 heteroatoms. The van der Waals surface area contributed by atoms with E-state index in [0.717, 1.165) is 5.75 Å². The molecule has 4 atom stereocenters. The van der Waals surface area contributed by atoms with E-state index in [1.165, 1.54) is 16.7 Å². The lowest BCUT2D eigenvalue weighted by atomic mass is 10.0. The minimum Gasteiger partial charge on any atom is -0.480 e. The predicted molar refractivity (Wildman–Crippen MR) is 130 cm³/mol. The van der Waals surface area contributed by atoms with Crippen LogP contribution in [0.5, 0.6) is 0 Å². The molecule has 1 heterocycles. The molecule has 0 aromatic rings. The van der Waals surface area contributed by atoms with Crippen molar-refractivity contribution in [3.63, 3.8) is 0 Å². The van der Waals surface area contributed by atoms with Crippen molar-refractivity contribution in [2.75, 3.05) is 30.6 Å². The molecule has 9 nitrogen and oxygen atoms in total.